The molecule has 2 N–H and O–H groups in total. The van der Waals surface area contributed by atoms with E-state index in [4.69, 9.17) is 0 Å². The van der Waals surface area contributed by atoms with E-state index in [1.807, 2.05) is 0 Å². The highest BCUT2D eigenvalue weighted by Crippen LogP contribution is 2.26. The van der Waals surface area contributed by atoms with Crippen LogP contribution in [0.4, 0.5) is 4.39 Å². The lowest BCUT2D eigenvalue weighted by molar-refractivity contribution is -0.127. The third-order valence-corrected chi connectivity index (χ3v) is 7.77. The van der Waals surface area contributed by atoms with Crippen molar-refractivity contribution in [2.75, 3.05) is 46.3 Å². The fraction of sp³-hybridized carbons (Fsp3) is 0.450. The first-order valence-electron chi connectivity index (χ1n) is 10.3. The Morgan fingerprint density at radius 1 is 1.09 bits per heavy atom. The lowest BCUT2D eigenvalue weighted by Crippen LogP contribution is -2.55. The number of rotatable bonds is 7. The molecule has 2 heterocycles. The van der Waals surface area contributed by atoms with E-state index in [-0.39, 0.29) is 48.2 Å². The average Bonchev–Trinajstić information content (AvgIpc) is 3.24. The summed E-state index contributed by atoms with van der Waals surface area (Å²) in [4.78, 5) is 41.7. The molecule has 1 saturated heterocycles. The van der Waals surface area contributed by atoms with Gasteiger partial charge in [-0.3, -0.25) is 14.4 Å². The number of fused-ring (bicyclic) bond motifs is 1. The molecular weight excluding hydrogens is 441 g/mol. The fourth-order valence-corrected chi connectivity index (χ4v) is 5.41. The fourth-order valence-electron chi connectivity index (χ4n) is 3.80. The van der Waals surface area contributed by atoms with Crippen molar-refractivity contribution < 1.29 is 27.2 Å². The number of hydrogen-bond acceptors (Lipinski definition) is 5. The number of halogens is 1. The number of piperazine rings is 1. The molecular formula is C20H26FN5O5S. The summed E-state index contributed by atoms with van der Waals surface area (Å²) in [7, 11) is -2.21. The number of ketones is 1. The van der Waals surface area contributed by atoms with Crippen LogP contribution >= 0.6 is 0 Å². The topological polar surface area (TPSA) is 123 Å². The molecule has 12 heteroatoms. The summed E-state index contributed by atoms with van der Waals surface area (Å²) in [6.45, 7) is 4.35. The summed E-state index contributed by atoms with van der Waals surface area (Å²) in [6.07, 6.45) is 1.21. The van der Waals surface area contributed by atoms with Crippen molar-refractivity contribution in [2.24, 2.45) is 0 Å². The third-order valence-electron chi connectivity index (χ3n) is 5.58. The molecule has 174 valence electrons. The van der Waals surface area contributed by atoms with Crippen molar-refractivity contribution in [1.29, 1.82) is 0 Å². The van der Waals surface area contributed by atoms with Crippen LogP contribution < -0.4 is 5.32 Å². The van der Waals surface area contributed by atoms with Crippen molar-refractivity contribution in [3.8, 4) is 0 Å². The van der Waals surface area contributed by atoms with Crippen LogP contribution in [0.1, 0.15) is 34.6 Å². The molecule has 0 atom stereocenters. The maximum absolute atomic E-state index is 14.5. The molecule has 32 heavy (non-hydrogen) atoms. The van der Waals surface area contributed by atoms with E-state index in [2.05, 4.69) is 10.3 Å². The number of nitrogens with one attached hydrogen (secondary N) is 2. The number of aromatic amines is 1. The van der Waals surface area contributed by atoms with Gasteiger partial charge in [0.1, 0.15) is 5.82 Å². The SMILES string of the molecule is CCN(CC)S(=O)(=O)N1CCN(C(=O)C(=O)c2c[nH]c3c(C(=O)NC)ccc(F)c23)CC1. The van der Waals surface area contributed by atoms with Crippen LogP contribution in [0.2, 0.25) is 0 Å². The van der Waals surface area contributed by atoms with Crippen molar-refractivity contribution in [3.63, 3.8) is 0 Å². The van der Waals surface area contributed by atoms with Gasteiger partial charge >= 0.3 is 0 Å². The van der Waals surface area contributed by atoms with Gasteiger partial charge in [-0.2, -0.15) is 17.0 Å². The Kier molecular flexibility index (Phi) is 6.96. The second-order valence-electron chi connectivity index (χ2n) is 7.24. The first-order chi connectivity index (χ1) is 15.2. The molecule has 10 nitrogen and oxygen atoms in total. The molecule has 2 aromatic rings. The molecule has 0 saturated carbocycles. The van der Waals surface area contributed by atoms with Crippen LogP contribution in [0.5, 0.6) is 0 Å². The van der Waals surface area contributed by atoms with Crippen LogP contribution in [0.3, 0.4) is 0 Å². The van der Waals surface area contributed by atoms with E-state index in [1.165, 1.54) is 32.8 Å². The average molecular weight is 468 g/mol. The highest BCUT2D eigenvalue weighted by atomic mass is 32.2. The second kappa shape index (κ2) is 9.35. The zero-order valence-corrected chi connectivity index (χ0v) is 19.0. The van der Waals surface area contributed by atoms with Crippen LogP contribution in [0, 0.1) is 5.82 Å². The Morgan fingerprint density at radius 3 is 2.28 bits per heavy atom. The summed E-state index contributed by atoms with van der Waals surface area (Å²) < 4.78 is 42.4. The molecule has 0 aliphatic carbocycles. The molecule has 1 fully saturated rings. The van der Waals surface area contributed by atoms with E-state index in [0.29, 0.717) is 13.1 Å². The minimum Gasteiger partial charge on any atom is -0.360 e. The van der Waals surface area contributed by atoms with Gasteiger partial charge < -0.3 is 15.2 Å². The molecule has 0 bridgehead atoms. The van der Waals surface area contributed by atoms with Crippen molar-refractivity contribution >= 4 is 38.7 Å². The molecule has 0 spiro atoms. The second-order valence-corrected chi connectivity index (χ2v) is 9.17. The lowest BCUT2D eigenvalue weighted by Gasteiger charge is -2.36. The number of Topliss-reactive ketones (excluding diaryl/α,β-unsaturated/α-hetero) is 1. The lowest BCUT2D eigenvalue weighted by atomic mass is 10.0. The predicted octanol–water partition coefficient (Wildman–Crippen LogP) is 0.580. The van der Waals surface area contributed by atoms with Crippen LogP contribution in [-0.2, 0) is 15.0 Å². The molecule has 1 aromatic carbocycles. The van der Waals surface area contributed by atoms with E-state index >= 15 is 0 Å². The van der Waals surface area contributed by atoms with E-state index in [9.17, 15) is 27.2 Å². The molecule has 0 radical (unpaired) electrons. The van der Waals surface area contributed by atoms with Crippen LogP contribution in [0.25, 0.3) is 10.9 Å². The largest absolute Gasteiger partial charge is 0.360 e. The highest BCUT2D eigenvalue weighted by molar-refractivity contribution is 7.86. The number of aromatic nitrogens is 1. The number of nitrogens with zero attached hydrogens (tertiary/aromatic N) is 3. The van der Waals surface area contributed by atoms with Gasteiger partial charge in [0.15, 0.2) is 0 Å². The van der Waals surface area contributed by atoms with E-state index < -0.39 is 33.6 Å². The summed E-state index contributed by atoms with van der Waals surface area (Å²) in [5.41, 5.74) is 0.0905. The first kappa shape index (κ1) is 23.8. The van der Waals surface area contributed by atoms with Gasteiger partial charge in [0.25, 0.3) is 27.8 Å². The van der Waals surface area contributed by atoms with Gasteiger partial charge in [-0.25, -0.2) is 4.39 Å². The van der Waals surface area contributed by atoms with Gasteiger partial charge in [0.2, 0.25) is 0 Å². The molecule has 1 aliphatic heterocycles. The molecule has 0 unspecified atom stereocenters. The Balaban J connectivity index is 1.80. The molecule has 2 amide bonds. The first-order valence-corrected chi connectivity index (χ1v) is 11.7. The Morgan fingerprint density at radius 2 is 1.72 bits per heavy atom. The van der Waals surface area contributed by atoms with Crippen molar-refractivity contribution in [2.45, 2.75) is 13.8 Å². The zero-order chi connectivity index (χ0) is 23.6. The number of carbonyl (C=O) groups is 3. The Labute approximate surface area is 185 Å². The number of amides is 2. The minimum absolute atomic E-state index is 0.0411. The van der Waals surface area contributed by atoms with Gasteiger partial charge in [0.05, 0.1) is 16.6 Å². The quantitative estimate of drug-likeness (QED) is 0.456. The van der Waals surface area contributed by atoms with Crippen molar-refractivity contribution in [3.05, 3.63) is 35.3 Å². The van der Waals surface area contributed by atoms with E-state index in [0.717, 1.165) is 6.07 Å². The Bertz CT molecular complexity index is 1150. The highest BCUT2D eigenvalue weighted by Gasteiger charge is 2.34. The van der Waals surface area contributed by atoms with Crippen LogP contribution in [-0.4, -0.2) is 90.8 Å². The van der Waals surface area contributed by atoms with E-state index in [1.54, 1.807) is 13.8 Å². The number of carbonyl (C=O) groups excluding carboxylic acids is 3. The maximum atomic E-state index is 14.5. The summed E-state index contributed by atoms with van der Waals surface area (Å²) >= 11 is 0. The number of hydrogen-bond donors (Lipinski definition) is 2. The summed E-state index contributed by atoms with van der Waals surface area (Å²) in [5.74, 6) is -2.98. The summed E-state index contributed by atoms with van der Waals surface area (Å²) in [6, 6.07) is 2.36. The van der Waals surface area contributed by atoms with Crippen LogP contribution in [0.15, 0.2) is 18.3 Å². The zero-order valence-electron chi connectivity index (χ0n) is 18.1. The third kappa shape index (κ3) is 4.12. The molecule has 1 aliphatic rings. The monoisotopic (exact) mass is 467 g/mol. The maximum Gasteiger partial charge on any atom is 0.295 e. The standard InChI is InChI=1S/C20H26FN5O5S/c1-4-25(5-2)32(30,31)26-10-8-24(9-11-26)20(29)18(27)14-12-23-17-13(19(28)22-3)6-7-15(21)16(14)17/h6-7,12,23H,4-5,8-11H2,1-3H3,(H,22,28). The summed E-state index contributed by atoms with van der Waals surface area (Å²) in [5, 5.41) is 2.31. The molecule has 1 aromatic heterocycles. The van der Waals surface area contributed by atoms with Gasteiger partial charge in [-0.1, -0.05) is 13.8 Å². The number of benzene rings is 1. The van der Waals surface area contributed by atoms with Crippen molar-refractivity contribution in [1.82, 2.24) is 23.8 Å². The predicted molar refractivity (Wildman–Crippen MR) is 116 cm³/mol. The normalized spacial score (nSPS) is 15.3. The number of H-pyrrole nitrogens is 1. The van der Waals surface area contributed by atoms with Gasteiger partial charge in [0, 0.05) is 57.9 Å². The Hall–Kier alpha value is -2.83. The van der Waals surface area contributed by atoms with Gasteiger partial charge in [-0.15, -0.1) is 0 Å². The smallest absolute Gasteiger partial charge is 0.295 e. The minimum atomic E-state index is -3.64. The van der Waals surface area contributed by atoms with Gasteiger partial charge in [-0.05, 0) is 12.1 Å². The molecule has 3 rings (SSSR count).